The van der Waals surface area contributed by atoms with E-state index < -0.39 is 10.0 Å². The molecule has 0 spiro atoms. The summed E-state index contributed by atoms with van der Waals surface area (Å²) in [5, 5.41) is 0. The largest absolute Gasteiger partial charge is 0.266 e. The maximum Gasteiger partial charge on any atom is 0.264 e. The summed E-state index contributed by atoms with van der Waals surface area (Å²) in [6.07, 6.45) is 0. The maximum absolute atomic E-state index is 12.8. The molecule has 21 heavy (non-hydrogen) atoms. The number of aryl methyl sites for hydroxylation is 2. The summed E-state index contributed by atoms with van der Waals surface area (Å²) in [4.78, 5) is 0.299. The molecule has 0 saturated carbocycles. The van der Waals surface area contributed by atoms with Crippen LogP contribution in [0.25, 0.3) is 0 Å². The van der Waals surface area contributed by atoms with Crippen molar-refractivity contribution >= 4 is 31.6 Å². The highest BCUT2D eigenvalue weighted by Crippen LogP contribution is 2.28. The third kappa shape index (κ3) is 3.30. The van der Waals surface area contributed by atoms with Crippen molar-refractivity contribution < 1.29 is 8.42 Å². The molecule has 0 fully saturated rings. The van der Waals surface area contributed by atoms with E-state index >= 15 is 0 Å². The Balaban J connectivity index is 2.54. The average molecular weight is 368 g/mol. The van der Waals surface area contributed by atoms with Crippen LogP contribution in [0.5, 0.6) is 0 Å². The second kappa shape index (κ2) is 6.20. The number of hydrogen-bond acceptors (Lipinski definition) is 2. The molecule has 0 radical (unpaired) electrons. The molecule has 112 valence electrons. The molecule has 2 aromatic rings. The van der Waals surface area contributed by atoms with Crippen LogP contribution in [-0.4, -0.2) is 15.0 Å². The Morgan fingerprint density at radius 1 is 1.05 bits per heavy atom. The van der Waals surface area contributed by atoms with E-state index in [-0.39, 0.29) is 0 Å². The molecule has 0 saturated heterocycles. The van der Waals surface area contributed by atoms with E-state index in [1.54, 1.807) is 24.3 Å². The minimum atomic E-state index is -3.55. The Hall–Kier alpha value is -1.33. The van der Waals surface area contributed by atoms with Crippen LogP contribution in [0.3, 0.4) is 0 Å². The number of anilines is 1. The second-order valence-electron chi connectivity index (χ2n) is 4.91. The Morgan fingerprint density at radius 2 is 1.67 bits per heavy atom. The fraction of sp³-hybridized carbons (Fsp3) is 0.250. The summed E-state index contributed by atoms with van der Waals surface area (Å²) in [5.41, 5.74) is 2.73. The van der Waals surface area contributed by atoms with Crippen molar-refractivity contribution in [1.82, 2.24) is 0 Å². The van der Waals surface area contributed by atoms with Gasteiger partial charge in [-0.2, -0.15) is 0 Å². The molecule has 0 aromatic heterocycles. The van der Waals surface area contributed by atoms with E-state index in [4.69, 9.17) is 0 Å². The van der Waals surface area contributed by atoms with Gasteiger partial charge in [-0.3, -0.25) is 4.31 Å². The number of halogens is 1. The summed E-state index contributed by atoms with van der Waals surface area (Å²) in [7, 11) is -3.55. The van der Waals surface area contributed by atoms with Crippen LogP contribution in [0.15, 0.2) is 51.8 Å². The van der Waals surface area contributed by atoms with Crippen molar-refractivity contribution in [2.24, 2.45) is 0 Å². The quantitative estimate of drug-likeness (QED) is 0.808. The summed E-state index contributed by atoms with van der Waals surface area (Å²) in [5.74, 6) is 0. The van der Waals surface area contributed by atoms with Crippen molar-refractivity contribution in [3.05, 3.63) is 58.1 Å². The average Bonchev–Trinajstić information content (AvgIpc) is 2.43. The Morgan fingerprint density at radius 3 is 2.24 bits per heavy atom. The number of rotatable bonds is 4. The first-order valence-corrected chi connectivity index (χ1v) is 8.95. The summed E-state index contributed by atoms with van der Waals surface area (Å²) in [6.45, 7) is 6.12. The highest BCUT2D eigenvalue weighted by molar-refractivity contribution is 9.10. The predicted molar refractivity (Wildman–Crippen MR) is 90.3 cm³/mol. The zero-order valence-electron chi connectivity index (χ0n) is 12.3. The molecule has 0 bridgehead atoms. The van der Waals surface area contributed by atoms with E-state index in [1.165, 1.54) is 4.31 Å². The summed E-state index contributed by atoms with van der Waals surface area (Å²) in [6, 6.07) is 12.6. The Kier molecular flexibility index (Phi) is 4.74. The zero-order chi connectivity index (χ0) is 15.6. The lowest BCUT2D eigenvalue weighted by molar-refractivity contribution is 0.591. The minimum Gasteiger partial charge on any atom is -0.266 e. The van der Waals surface area contributed by atoms with Crippen LogP contribution in [0.2, 0.25) is 0 Å². The van der Waals surface area contributed by atoms with Gasteiger partial charge in [0.1, 0.15) is 0 Å². The molecule has 0 aliphatic heterocycles. The van der Waals surface area contributed by atoms with Crippen LogP contribution >= 0.6 is 15.9 Å². The van der Waals surface area contributed by atoms with Gasteiger partial charge in [0.25, 0.3) is 10.0 Å². The van der Waals surface area contributed by atoms with E-state index in [9.17, 15) is 8.42 Å². The van der Waals surface area contributed by atoms with E-state index in [0.29, 0.717) is 11.4 Å². The molecule has 0 aliphatic carbocycles. The van der Waals surface area contributed by atoms with Gasteiger partial charge in [0, 0.05) is 11.0 Å². The van der Waals surface area contributed by atoms with Gasteiger partial charge in [0.2, 0.25) is 0 Å². The third-order valence-corrected chi connectivity index (χ3v) is 5.75. The molecule has 2 rings (SSSR count). The third-order valence-electron chi connectivity index (χ3n) is 3.32. The normalized spacial score (nSPS) is 11.4. The van der Waals surface area contributed by atoms with Gasteiger partial charge in [-0.05, 0) is 62.2 Å². The van der Waals surface area contributed by atoms with Gasteiger partial charge in [-0.1, -0.05) is 28.1 Å². The fourth-order valence-corrected chi connectivity index (χ4v) is 3.99. The van der Waals surface area contributed by atoms with Crippen LogP contribution < -0.4 is 4.31 Å². The van der Waals surface area contributed by atoms with Gasteiger partial charge in [-0.15, -0.1) is 0 Å². The van der Waals surface area contributed by atoms with Crippen molar-refractivity contribution in [1.29, 1.82) is 0 Å². The predicted octanol–water partition coefficient (Wildman–Crippen LogP) is 4.28. The molecule has 0 unspecified atom stereocenters. The van der Waals surface area contributed by atoms with Crippen molar-refractivity contribution in [2.45, 2.75) is 25.7 Å². The summed E-state index contributed by atoms with van der Waals surface area (Å²) < 4.78 is 28.0. The SMILES string of the molecule is CCN(c1cc(C)ccc1C)S(=O)(=O)c1ccc(Br)cc1. The molecule has 3 nitrogen and oxygen atoms in total. The van der Waals surface area contributed by atoms with Crippen molar-refractivity contribution in [3.63, 3.8) is 0 Å². The Bertz CT molecular complexity index is 739. The lowest BCUT2D eigenvalue weighted by Crippen LogP contribution is -2.31. The Labute approximate surface area is 134 Å². The number of nitrogens with zero attached hydrogens (tertiary/aromatic N) is 1. The van der Waals surface area contributed by atoms with Gasteiger partial charge < -0.3 is 0 Å². The molecule has 0 atom stereocenters. The maximum atomic E-state index is 12.8. The molecule has 2 aromatic carbocycles. The van der Waals surface area contributed by atoms with E-state index in [0.717, 1.165) is 21.3 Å². The second-order valence-corrected chi connectivity index (χ2v) is 7.69. The minimum absolute atomic E-state index is 0.299. The van der Waals surface area contributed by atoms with E-state index in [1.807, 2.05) is 39.0 Å². The standard InChI is InChI=1S/C16H18BrNO2S/c1-4-18(16-11-12(2)5-6-13(16)3)21(19,20)15-9-7-14(17)8-10-15/h5-11H,4H2,1-3H3. The van der Waals surface area contributed by atoms with Crippen LogP contribution in [0.1, 0.15) is 18.1 Å². The molecule has 5 heteroatoms. The van der Waals surface area contributed by atoms with Crippen LogP contribution in [0.4, 0.5) is 5.69 Å². The molecular weight excluding hydrogens is 350 g/mol. The lowest BCUT2D eigenvalue weighted by atomic mass is 10.1. The topological polar surface area (TPSA) is 37.4 Å². The van der Waals surface area contributed by atoms with E-state index in [2.05, 4.69) is 15.9 Å². The molecule has 0 heterocycles. The summed E-state index contributed by atoms with van der Waals surface area (Å²) >= 11 is 3.32. The highest BCUT2D eigenvalue weighted by atomic mass is 79.9. The molecule has 0 amide bonds. The van der Waals surface area contributed by atoms with Gasteiger partial charge >= 0.3 is 0 Å². The van der Waals surface area contributed by atoms with Crippen molar-refractivity contribution in [3.8, 4) is 0 Å². The van der Waals surface area contributed by atoms with Gasteiger partial charge in [0.05, 0.1) is 10.6 Å². The van der Waals surface area contributed by atoms with Gasteiger partial charge in [0.15, 0.2) is 0 Å². The van der Waals surface area contributed by atoms with Gasteiger partial charge in [-0.25, -0.2) is 8.42 Å². The number of sulfonamides is 1. The first-order valence-electron chi connectivity index (χ1n) is 6.72. The molecular formula is C16H18BrNO2S. The zero-order valence-corrected chi connectivity index (χ0v) is 14.7. The van der Waals surface area contributed by atoms with Crippen molar-refractivity contribution in [2.75, 3.05) is 10.8 Å². The van der Waals surface area contributed by atoms with Crippen LogP contribution in [0, 0.1) is 13.8 Å². The molecule has 0 N–H and O–H groups in total. The molecule has 0 aliphatic rings. The smallest absolute Gasteiger partial charge is 0.264 e. The first-order chi connectivity index (χ1) is 9.86. The monoisotopic (exact) mass is 367 g/mol. The van der Waals surface area contributed by atoms with Crippen LogP contribution in [-0.2, 0) is 10.0 Å². The number of hydrogen-bond donors (Lipinski definition) is 0. The fourth-order valence-electron chi connectivity index (χ4n) is 2.19. The first kappa shape index (κ1) is 16.0. The number of benzene rings is 2. The lowest BCUT2D eigenvalue weighted by Gasteiger charge is -2.25. The highest BCUT2D eigenvalue weighted by Gasteiger charge is 2.24.